The first-order valence-corrected chi connectivity index (χ1v) is 24.4. The summed E-state index contributed by atoms with van der Waals surface area (Å²) in [7, 11) is 0. The Morgan fingerprint density at radius 3 is 1.93 bits per heavy atom. The van der Waals surface area contributed by atoms with Gasteiger partial charge in [0.1, 0.15) is 12.6 Å². The van der Waals surface area contributed by atoms with E-state index >= 15 is 0 Å². The minimum atomic E-state index is -0.990. The van der Waals surface area contributed by atoms with Crippen molar-refractivity contribution >= 4 is 17.8 Å². The van der Waals surface area contributed by atoms with Crippen LogP contribution in [0.1, 0.15) is 201 Å². The van der Waals surface area contributed by atoms with Crippen molar-refractivity contribution in [3.63, 3.8) is 0 Å². The second-order valence-corrected chi connectivity index (χ2v) is 19.5. The number of allylic oxidation sites excluding steroid dienone is 8. The van der Waals surface area contributed by atoms with Crippen LogP contribution in [0, 0.1) is 46.3 Å². The second-order valence-electron chi connectivity index (χ2n) is 19.5. The van der Waals surface area contributed by atoms with Crippen molar-refractivity contribution in [1.29, 1.82) is 0 Å². The summed E-state index contributed by atoms with van der Waals surface area (Å²) in [5.74, 6) is 3.01. The van der Waals surface area contributed by atoms with E-state index in [0.29, 0.717) is 41.4 Å². The van der Waals surface area contributed by atoms with Crippen molar-refractivity contribution in [1.82, 2.24) is 5.32 Å². The number of nitrogens with one attached hydrogen (secondary N) is 1. The third-order valence-electron chi connectivity index (χ3n) is 15.7. The van der Waals surface area contributed by atoms with Crippen LogP contribution in [0.25, 0.3) is 0 Å². The highest BCUT2D eigenvalue weighted by atomic mass is 16.5. The first-order valence-electron chi connectivity index (χ1n) is 24.4. The second kappa shape index (κ2) is 25.9. The van der Waals surface area contributed by atoms with Gasteiger partial charge in [-0.15, -0.1) is 0 Å². The van der Waals surface area contributed by atoms with Crippen LogP contribution in [0.15, 0.2) is 48.6 Å². The Hall–Kier alpha value is -2.63. The third kappa shape index (κ3) is 15.1. The monoisotopic (exact) mass is 804 g/mol. The van der Waals surface area contributed by atoms with Gasteiger partial charge in [0.05, 0.1) is 0 Å². The van der Waals surface area contributed by atoms with Gasteiger partial charge in [-0.2, -0.15) is 0 Å². The van der Waals surface area contributed by atoms with Crippen LogP contribution in [-0.4, -0.2) is 35.6 Å². The number of ether oxygens (including phenoxy) is 1. The van der Waals surface area contributed by atoms with E-state index in [2.05, 4.69) is 81.6 Å². The number of hydrogen-bond donors (Lipinski definition) is 2. The van der Waals surface area contributed by atoms with E-state index in [4.69, 9.17) is 9.84 Å². The van der Waals surface area contributed by atoms with Gasteiger partial charge < -0.3 is 15.2 Å². The molecule has 0 radical (unpaired) electrons. The number of carboxylic acid groups (broad SMARTS) is 1. The summed E-state index contributed by atoms with van der Waals surface area (Å²) in [4.78, 5) is 36.0. The topological polar surface area (TPSA) is 92.7 Å². The van der Waals surface area contributed by atoms with Crippen LogP contribution in [0.2, 0.25) is 0 Å². The Labute approximate surface area is 355 Å². The fourth-order valence-corrected chi connectivity index (χ4v) is 12.4. The molecule has 0 spiro atoms. The maximum Gasteiger partial charge on any atom is 0.322 e. The Bertz CT molecular complexity index is 1350. The largest absolute Gasteiger partial charge is 0.480 e. The number of carboxylic acids is 1. The SMILES string of the molecule is CC/C=C\C/C=C\C/C=C\C/C=C\CCCCCCCCCCCCC(=O)OC1CCC2(C)C(CCC3C2CCC2(C)C(C(C)CCC(=O)NCC(=O)O)CCC32)C1. The number of carbonyl (C=O) groups is 3. The van der Waals surface area contributed by atoms with Gasteiger partial charge in [-0.25, -0.2) is 0 Å². The lowest BCUT2D eigenvalue weighted by Gasteiger charge is -2.61. The molecular weight excluding hydrogens is 719 g/mol. The lowest BCUT2D eigenvalue weighted by Crippen LogP contribution is -2.54. The molecule has 0 aromatic rings. The van der Waals surface area contributed by atoms with E-state index in [0.717, 1.165) is 75.5 Å². The molecule has 4 saturated carbocycles. The van der Waals surface area contributed by atoms with E-state index in [1.807, 2.05) is 0 Å². The Kier molecular flexibility index (Phi) is 21.4. The van der Waals surface area contributed by atoms with Crippen LogP contribution < -0.4 is 5.32 Å². The van der Waals surface area contributed by atoms with E-state index in [1.54, 1.807) is 0 Å². The lowest BCUT2D eigenvalue weighted by molar-refractivity contribution is -0.162. The van der Waals surface area contributed by atoms with Crippen LogP contribution in [0.3, 0.4) is 0 Å². The molecule has 328 valence electrons. The highest BCUT2D eigenvalue weighted by Crippen LogP contribution is 2.68. The summed E-state index contributed by atoms with van der Waals surface area (Å²) < 4.78 is 6.16. The predicted octanol–water partition coefficient (Wildman–Crippen LogP) is 13.7. The predicted molar refractivity (Wildman–Crippen MR) is 240 cm³/mol. The maximum atomic E-state index is 12.9. The zero-order valence-electron chi connectivity index (χ0n) is 37.5. The van der Waals surface area contributed by atoms with E-state index in [-0.39, 0.29) is 24.5 Å². The molecule has 0 aliphatic heterocycles. The Balaban J connectivity index is 1.01. The number of aliphatic carboxylic acids is 1. The molecule has 9 atom stereocenters. The number of carbonyl (C=O) groups excluding carboxylic acids is 2. The van der Waals surface area contributed by atoms with Crippen molar-refractivity contribution in [3.8, 4) is 0 Å². The normalized spacial score (nSPS) is 30.1. The number of rotatable bonds is 27. The van der Waals surface area contributed by atoms with Crippen molar-refractivity contribution < 1.29 is 24.2 Å². The molecule has 4 aliphatic carbocycles. The minimum Gasteiger partial charge on any atom is -0.480 e. The highest BCUT2D eigenvalue weighted by molar-refractivity contribution is 5.81. The fraction of sp³-hybridized carbons (Fsp3) is 0.788. The molecule has 4 rings (SSSR count). The van der Waals surface area contributed by atoms with Gasteiger partial charge >= 0.3 is 11.9 Å². The lowest BCUT2D eigenvalue weighted by atomic mass is 9.44. The van der Waals surface area contributed by atoms with E-state index < -0.39 is 5.97 Å². The number of fused-ring (bicyclic) bond motifs is 5. The highest BCUT2D eigenvalue weighted by Gasteiger charge is 2.60. The molecule has 9 unspecified atom stereocenters. The molecule has 0 aromatic heterocycles. The summed E-state index contributed by atoms with van der Waals surface area (Å²) in [6, 6.07) is 0. The molecule has 1 amide bonds. The van der Waals surface area contributed by atoms with E-state index in [9.17, 15) is 14.4 Å². The quantitative estimate of drug-likeness (QED) is 0.0490. The van der Waals surface area contributed by atoms with Crippen LogP contribution in [0.4, 0.5) is 0 Å². The van der Waals surface area contributed by atoms with E-state index in [1.165, 1.54) is 103 Å². The average molecular weight is 804 g/mol. The number of hydrogen-bond acceptors (Lipinski definition) is 4. The number of esters is 1. The molecule has 4 fully saturated rings. The zero-order valence-corrected chi connectivity index (χ0v) is 37.5. The molecule has 6 nitrogen and oxygen atoms in total. The van der Waals surface area contributed by atoms with Gasteiger partial charge in [-0.1, -0.05) is 128 Å². The van der Waals surface area contributed by atoms with Crippen LogP contribution in [-0.2, 0) is 19.1 Å². The van der Waals surface area contributed by atoms with Gasteiger partial charge in [-0.3, -0.25) is 14.4 Å². The molecule has 6 heteroatoms. The molecule has 0 aromatic carbocycles. The smallest absolute Gasteiger partial charge is 0.322 e. The van der Waals surface area contributed by atoms with Crippen molar-refractivity contribution in [2.75, 3.05) is 6.54 Å². The first kappa shape index (κ1) is 48.0. The summed E-state index contributed by atoms with van der Waals surface area (Å²) in [5, 5.41) is 11.4. The molecule has 0 heterocycles. The molecule has 0 bridgehead atoms. The molecule has 58 heavy (non-hydrogen) atoms. The maximum absolute atomic E-state index is 12.9. The summed E-state index contributed by atoms with van der Waals surface area (Å²) in [5.41, 5.74) is 0.700. The van der Waals surface area contributed by atoms with Gasteiger partial charge in [-0.05, 0) is 155 Å². The van der Waals surface area contributed by atoms with Crippen LogP contribution >= 0.6 is 0 Å². The van der Waals surface area contributed by atoms with Crippen LogP contribution in [0.5, 0.6) is 0 Å². The van der Waals surface area contributed by atoms with Gasteiger partial charge in [0.2, 0.25) is 5.91 Å². The third-order valence-corrected chi connectivity index (χ3v) is 15.7. The summed E-state index contributed by atoms with van der Waals surface area (Å²) in [6.45, 7) is 9.36. The molecule has 0 saturated heterocycles. The van der Waals surface area contributed by atoms with Crippen molar-refractivity contribution in [2.45, 2.75) is 207 Å². The first-order chi connectivity index (χ1) is 28.1. The Morgan fingerprint density at radius 2 is 1.28 bits per heavy atom. The standard InChI is InChI=1S/C52H85NO5/c1-5-6-7-8-9-10-11-12-13-14-15-16-17-18-19-20-21-22-23-24-25-26-27-28-50(57)58-43-35-37-51(3)42(39-43)30-31-44-46-33-32-45(52(46,4)38-36-47(44)51)41(2)29-34-48(54)53-40-49(55)56/h6-7,9-10,12-13,15-16,41-47H,5,8,11,14,17-40H2,1-4H3,(H,53,54)(H,55,56)/b7-6-,10-9-,13-12-,16-15-. The summed E-state index contributed by atoms with van der Waals surface area (Å²) >= 11 is 0. The Morgan fingerprint density at radius 1 is 0.690 bits per heavy atom. The van der Waals surface area contributed by atoms with Gasteiger partial charge in [0, 0.05) is 12.8 Å². The minimum absolute atomic E-state index is 0.0338. The number of amides is 1. The van der Waals surface area contributed by atoms with Crippen molar-refractivity contribution in [3.05, 3.63) is 48.6 Å². The molecule has 2 N–H and O–H groups in total. The van der Waals surface area contributed by atoms with Gasteiger partial charge in [0.15, 0.2) is 0 Å². The molecule has 4 aliphatic rings. The van der Waals surface area contributed by atoms with Crippen molar-refractivity contribution in [2.24, 2.45) is 46.3 Å². The van der Waals surface area contributed by atoms with Gasteiger partial charge in [0.25, 0.3) is 0 Å². The average Bonchev–Trinajstić information content (AvgIpc) is 3.57. The zero-order chi connectivity index (χ0) is 41.6. The fourth-order valence-electron chi connectivity index (χ4n) is 12.4. The molecular formula is C52H85NO5. The number of unbranched alkanes of at least 4 members (excludes halogenated alkanes) is 10. The summed E-state index contributed by atoms with van der Waals surface area (Å²) in [6.07, 6.45) is 49.2.